The van der Waals surface area contributed by atoms with Gasteiger partial charge < -0.3 is 9.84 Å². The molecule has 100 valence electrons. The van der Waals surface area contributed by atoms with E-state index >= 15 is 0 Å². The van der Waals surface area contributed by atoms with Crippen LogP contribution in [0.15, 0.2) is 30.3 Å². The predicted molar refractivity (Wildman–Crippen MR) is 74.4 cm³/mol. The highest BCUT2D eigenvalue weighted by atomic mass is 32.2. The molecule has 0 saturated carbocycles. The predicted octanol–water partition coefficient (Wildman–Crippen LogP) is 2.48. The van der Waals surface area contributed by atoms with Gasteiger partial charge in [0, 0.05) is 0 Å². The van der Waals surface area contributed by atoms with Crippen molar-refractivity contribution in [3.63, 3.8) is 0 Å². The molecule has 2 atom stereocenters. The number of hydrogen-bond acceptors (Lipinski definition) is 4. The van der Waals surface area contributed by atoms with E-state index in [1.165, 1.54) is 11.8 Å². The molecule has 0 aromatic heterocycles. The molecule has 0 spiro atoms. The van der Waals surface area contributed by atoms with Crippen molar-refractivity contribution < 1.29 is 14.6 Å². The molecular weight excluding hydrogens is 248 g/mol. The van der Waals surface area contributed by atoms with E-state index in [9.17, 15) is 9.90 Å². The van der Waals surface area contributed by atoms with Crippen molar-refractivity contribution in [2.24, 2.45) is 5.92 Å². The monoisotopic (exact) mass is 268 g/mol. The van der Waals surface area contributed by atoms with Gasteiger partial charge in [0.05, 0.1) is 25.2 Å². The standard InChI is InChI=1S/C14H20O3S/c1-3-18-14(16)11(2)13(15)10-17-9-12-7-5-4-6-8-12/h4-8,11,13,15H,3,9-10H2,1-2H3/t11-,13-/m1/s1. The van der Waals surface area contributed by atoms with Crippen LogP contribution in [0.4, 0.5) is 0 Å². The Kier molecular flexibility index (Phi) is 7.01. The molecule has 0 aliphatic carbocycles. The highest BCUT2D eigenvalue weighted by Crippen LogP contribution is 2.15. The summed E-state index contributed by atoms with van der Waals surface area (Å²) in [5.74, 6) is 0.353. The molecule has 0 unspecified atom stereocenters. The van der Waals surface area contributed by atoms with Gasteiger partial charge in [-0.1, -0.05) is 55.9 Å². The minimum atomic E-state index is -0.736. The number of carbonyl (C=O) groups is 1. The SMILES string of the molecule is CCSC(=O)[C@H](C)[C@H](O)COCc1ccccc1. The lowest BCUT2D eigenvalue weighted by Crippen LogP contribution is -2.28. The number of aliphatic hydroxyl groups excluding tert-OH is 1. The molecule has 1 aromatic carbocycles. The smallest absolute Gasteiger partial charge is 0.194 e. The summed E-state index contributed by atoms with van der Waals surface area (Å²) in [6.45, 7) is 4.31. The molecule has 0 radical (unpaired) electrons. The molecule has 0 heterocycles. The van der Waals surface area contributed by atoms with E-state index in [-0.39, 0.29) is 17.6 Å². The van der Waals surface area contributed by atoms with Gasteiger partial charge in [-0.05, 0) is 11.3 Å². The lowest BCUT2D eigenvalue weighted by Gasteiger charge is -2.17. The number of ether oxygens (including phenoxy) is 1. The second-order valence-electron chi connectivity index (χ2n) is 4.11. The molecule has 18 heavy (non-hydrogen) atoms. The largest absolute Gasteiger partial charge is 0.390 e. The summed E-state index contributed by atoms with van der Waals surface area (Å²) in [4.78, 5) is 11.6. The quantitative estimate of drug-likeness (QED) is 0.825. The normalized spacial score (nSPS) is 14.2. The summed E-state index contributed by atoms with van der Waals surface area (Å²) in [6.07, 6.45) is -0.736. The number of carbonyl (C=O) groups excluding carboxylic acids is 1. The fourth-order valence-corrected chi connectivity index (χ4v) is 2.15. The van der Waals surface area contributed by atoms with Gasteiger partial charge in [-0.25, -0.2) is 0 Å². The maximum Gasteiger partial charge on any atom is 0.194 e. The summed E-state index contributed by atoms with van der Waals surface area (Å²) in [5.41, 5.74) is 1.06. The lowest BCUT2D eigenvalue weighted by atomic mass is 10.1. The van der Waals surface area contributed by atoms with Crippen LogP contribution in [-0.2, 0) is 16.1 Å². The van der Waals surface area contributed by atoms with Crippen molar-refractivity contribution in [3.8, 4) is 0 Å². The maximum absolute atomic E-state index is 11.6. The Balaban J connectivity index is 2.28. The van der Waals surface area contributed by atoms with Gasteiger partial charge in [-0.2, -0.15) is 0 Å². The van der Waals surface area contributed by atoms with Crippen LogP contribution in [0, 0.1) is 5.92 Å². The first kappa shape index (κ1) is 15.2. The Hall–Kier alpha value is -0.840. The van der Waals surface area contributed by atoms with Gasteiger partial charge >= 0.3 is 0 Å². The third kappa shape index (κ3) is 5.21. The van der Waals surface area contributed by atoms with E-state index in [2.05, 4.69) is 0 Å². The molecule has 0 aliphatic heterocycles. The van der Waals surface area contributed by atoms with Crippen molar-refractivity contribution in [2.75, 3.05) is 12.4 Å². The number of hydrogen-bond donors (Lipinski definition) is 1. The van der Waals surface area contributed by atoms with E-state index in [0.29, 0.717) is 6.61 Å². The zero-order chi connectivity index (χ0) is 13.4. The molecule has 0 bridgehead atoms. The molecule has 1 rings (SSSR count). The third-order valence-electron chi connectivity index (χ3n) is 2.64. The first-order chi connectivity index (χ1) is 8.65. The zero-order valence-corrected chi connectivity index (χ0v) is 11.7. The van der Waals surface area contributed by atoms with Gasteiger partial charge in [0.15, 0.2) is 5.12 Å². The zero-order valence-electron chi connectivity index (χ0n) is 10.8. The summed E-state index contributed by atoms with van der Waals surface area (Å²) in [7, 11) is 0. The Labute approximate surface area is 113 Å². The van der Waals surface area contributed by atoms with Crippen LogP contribution in [-0.4, -0.2) is 28.7 Å². The topological polar surface area (TPSA) is 46.5 Å². The van der Waals surface area contributed by atoms with Gasteiger partial charge in [0.1, 0.15) is 0 Å². The van der Waals surface area contributed by atoms with Crippen molar-refractivity contribution >= 4 is 16.9 Å². The average Bonchev–Trinajstić information content (AvgIpc) is 2.39. The van der Waals surface area contributed by atoms with Crippen molar-refractivity contribution in [1.82, 2.24) is 0 Å². The summed E-state index contributed by atoms with van der Waals surface area (Å²) < 4.78 is 5.42. The third-order valence-corrected chi connectivity index (χ3v) is 3.58. The fraction of sp³-hybridized carbons (Fsp3) is 0.500. The van der Waals surface area contributed by atoms with E-state index in [4.69, 9.17) is 4.74 Å². The Morgan fingerprint density at radius 2 is 2.06 bits per heavy atom. The lowest BCUT2D eigenvalue weighted by molar-refractivity contribution is -0.118. The van der Waals surface area contributed by atoms with Crippen molar-refractivity contribution in [3.05, 3.63) is 35.9 Å². The molecular formula is C14H20O3S. The Morgan fingerprint density at radius 1 is 1.39 bits per heavy atom. The summed E-state index contributed by atoms with van der Waals surface area (Å²) >= 11 is 1.24. The Morgan fingerprint density at radius 3 is 2.67 bits per heavy atom. The van der Waals surface area contributed by atoms with E-state index in [0.717, 1.165) is 11.3 Å². The molecule has 0 aliphatic rings. The highest BCUT2D eigenvalue weighted by molar-refractivity contribution is 8.13. The maximum atomic E-state index is 11.6. The highest BCUT2D eigenvalue weighted by Gasteiger charge is 2.21. The first-order valence-electron chi connectivity index (χ1n) is 6.11. The number of thioether (sulfide) groups is 1. The second-order valence-corrected chi connectivity index (χ2v) is 5.38. The van der Waals surface area contributed by atoms with Crippen molar-refractivity contribution in [2.45, 2.75) is 26.6 Å². The van der Waals surface area contributed by atoms with Gasteiger partial charge in [-0.3, -0.25) is 4.79 Å². The summed E-state index contributed by atoms with van der Waals surface area (Å²) in [5, 5.41) is 9.86. The van der Waals surface area contributed by atoms with Crippen LogP contribution in [0.5, 0.6) is 0 Å². The molecule has 3 nitrogen and oxygen atoms in total. The van der Waals surface area contributed by atoms with Gasteiger partial charge in [0.25, 0.3) is 0 Å². The first-order valence-corrected chi connectivity index (χ1v) is 7.10. The van der Waals surface area contributed by atoms with E-state index in [1.807, 2.05) is 37.3 Å². The van der Waals surface area contributed by atoms with Crippen molar-refractivity contribution in [1.29, 1.82) is 0 Å². The van der Waals surface area contributed by atoms with Crippen LogP contribution in [0.25, 0.3) is 0 Å². The summed E-state index contributed by atoms with van der Waals surface area (Å²) in [6, 6.07) is 9.77. The molecule has 1 N–H and O–H groups in total. The molecule has 0 saturated heterocycles. The second kappa shape index (κ2) is 8.29. The number of rotatable bonds is 7. The molecule has 0 amide bonds. The molecule has 0 fully saturated rings. The molecule has 4 heteroatoms. The van der Waals surface area contributed by atoms with Crippen LogP contribution in [0.1, 0.15) is 19.4 Å². The number of aliphatic hydroxyl groups is 1. The van der Waals surface area contributed by atoms with E-state index < -0.39 is 6.10 Å². The average molecular weight is 268 g/mol. The minimum absolute atomic E-state index is 0.0216. The van der Waals surface area contributed by atoms with Crippen LogP contribution in [0.2, 0.25) is 0 Å². The molecule has 1 aromatic rings. The van der Waals surface area contributed by atoms with E-state index in [1.54, 1.807) is 6.92 Å². The van der Waals surface area contributed by atoms with Gasteiger partial charge in [-0.15, -0.1) is 0 Å². The Bertz CT molecular complexity index is 353. The van der Waals surface area contributed by atoms with Crippen LogP contribution in [0.3, 0.4) is 0 Å². The van der Waals surface area contributed by atoms with Gasteiger partial charge in [0.2, 0.25) is 0 Å². The minimum Gasteiger partial charge on any atom is -0.390 e. The van der Waals surface area contributed by atoms with Crippen LogP contribution >= 0.6 is 11.8 Å². The van der Waals surface area contributed by atoms with Crippen LogP contribution < -0.4 is 0 Å². The fourth-order valence-electron chi connectivity index (χ4n) is 1.45. The number of benzene rings is 1.